The lowest BCUT2D eigenvalue weighted by molar-refractivity contribution is -0.120. The van der Waals surface area contributed by atoms with Gasteiger partial charge in [0.15, 0.2) is 5.96 Å². The molecule has 84 valence electrons. The van der Waals surface area contributed by atoms with E-state index in [1.165, 1.54) is 0 Å². The van der Waals surface area contributed by atoms with Crippen LogP contribution in [0.3, 0.4) is 0 Å². The largest absolute Gasteiger partial charge is 0.497 e. The Bertz CT molecular complexity index is 425. The third-order valence-corrected chi connectivity index (χ3v) is 2.44. The van der Waals surface area contributed by atoms with Crippen LogP contribution in [0.5, 0.6) is 5.75 Å². The van der Waals surface area contributed by atoms with Crippen molar-refractivity contribution in [3.8, 4) is 5.75 Å². The third-order valence-electron chi connectivity index (χ3n) is 2.44. The molecule has 1 aromatic rings. The van der Waals surface area contributed by atoms with E-state index >= 15 is 0 Å². The number of ether oxygens (including phenoxy) is 1. The fourth-order valence-electron chi connectivity index (χ4n) is 1.63. The molecule has 0 fully saturated rings. The Morgan fingerprint density at radius 2 is 2.12 bits per heavy atom. The van der Waals surface area contributed by atoms with Crippen molar-refractivity contribution in [2.24, 2.45) is 10.7 Å². The van der Waals surface area contributed by atoms with Gasteiger partial charge in [0.1, 0.15) is 5.75 Å². The number of guanidine groups is 1. The second-order valence-electron chi connectivity index (χ2n) is 3.56. The molecule has 0 spiro atoms. The van der Waals surface area contributed by atoms with Gasteiger partial charge in [0.05, 0.1) is 19.6 Å². The Hall–Kier alpha value is -2.04. The van der Waals surface area contributed by atoms with E-state index in [0.29, 0.717) is 6.42 Å². The average molecular weight is 219 g/mol. The highest BCUT2D eigenvalue weighted by molar-refractivity contribution is 5.98. The summed E-state index contributed by atoms with van der Waals surface area (Å²) in [5.41, 5.74) is 6.46. The van der Waals surface area contributed by atoms with Gasteiger partial charge < -0.3 is 10.5 Å². The number of hydrogen-bond donors (Lipinski definition) is 2. The lowest BCUT2D eigenvalue weighted by atomic mass is 10.0. The molecule has 16 heavy (non-hydrogen) atoms. The zero-order valence-corrected chi connectivity index (χ0v) is 8.93. The highest BCUT2D eigenvalue weighted by Gasteiger charge is 2.20. The Morgan fingerprint density at radius 1 is 1.44 bits per heavy atom. The summed E-state index contributed by atoms with van der Waals surface area (Å²) in [5.74, 6) is 0.853. The van der Waals surface area contributed by atoms with Crippen molar-refractivity contribution in [2.75, 3.05) is 7.11 Å². The fourth-order valence-corrected chi connectivity index (χ4v) is 1.63. The van der Waals surface area contributed by atoms with Crippen LogP contribution in [0.1, 0.15) is 18.0 Å². The molecule has 1 unspecified atom stereocenters. The van der Waals surface area contributed by atoms with E-state index in [-0.39, 0.29) is 17.9 Å². The molecule has 2 rings (SSSR count). The van der Waals surface area contributed by atoms with Crippen LogP contribution in [0, 0.1) is 0 Å². The summed E-state index contributed by atoms with van der Waals surface area (Å²) in [6.45, 7) is 0. The summed E-state index contributed by atoms with van der Waals surface area (Å²) in [6.07, 6.45) is 0.326. The molecule has 1 heterocycles. The van der Waals surface area contributed by atoms with E-state index in [2.05, 4.69) is 10.3 Å². The molecule has 1 aliphatic rings. The first kappa shape index (κ1) is 10.5. The molecular formula is C11H13N3O2. The number of aliphatic imine (C=N–C) groups is 1. The molecule has 0 bridgehead atoms. The van der Waals surface area contributed by atoms with Gasteiger partial charge in [0.2, 0.25) is 5.91 Å². The van der Waals surface area contributed by atoms with Gasteiger partial charge in [-0.2, -0.15) is 0 Å². The van der Waals surface area contributed by atoms with Gasteiger partial charge in [-0.1, -0.05) is 12.1 Å². The van der Waals surface area contributed by atoms with Crippen molar-refractivity contribution in [3.05, 3.63) is 29.8 Å². The number of benzene rings is 1. The summed E-state index contributed by atoms with van der Waals surface area (Å²) in [7, 11) is 1.61. The molecule has 1 aliphatic heterocycles. The summed E-state index contributed by atoms with van der Waals surface area (Å²) in [6, 6.07) is 7.26. The number of nitrogens with one attached hydrogen (secondary N) is 1. The van der Waals surface area contributed by atoms with Crippen LogP contribution in [0.2, 0.25) is 0 Å². The minimum absolute atomic E-state index is 0.103. The molecule has 0 saturated heterocycles. The highest BCUT2D eigenvalue weighted by Crippen LogP contribution is 2.24. The number of hydrogen-bond acceptors (Lipinski definition) is 4. The van der Waals surface area contributed by atoms with Crippen LogP contribution in [-0.2, 0) is 4.79 Å². The molecule has 5 heteroatoms. The first-order chi connectivity index (χ1) is 7.69. The molecule has 5 nitrogen and oxygen atoms in total. The maximum absolute atomic E-state index is 11.3. The lowest BCUT2D eigenvalue weighted by Crippen LogP contribution is -2.41. The predicted molar refractivity (Wildman–Crippen MR) is 60.1 cm³/mol. The first-order valence-corrected chi connectivity index (χ1v) is 4.96. The zero-order valence-electron chi connectivity index (χ0n) is 8.93. The molecule has 1 amide bonds. The number of carbonyl (C=O) groups excluding carboxylic acids is 1. The van der Waals surface area contributed by atoms with Crippen molar-refractivity contribution in [1.29, 1.82) is 0 Å². The number of rotatable bonds is 2. The summed E-state index contributed by atoms with van der Waals surface area (Å²) < 4.78 is 5.06. The summed E-state index contributed by atoms with van der Waals surface area (Å²) >= 11 is 0. The van der Waals surface area contributed by atoms with Gasteiger partial charge in [0, 0.05) is 0 Å². The van der Waals surface area contributed by atoms with Gasteiger partial charge >= 0.3 is 0 Å². The monoisotopic (exact) mass is 219 g/mol. The molecular weight excluding hydrogens is 206 g/mol. The maximum atomic E-state index is 11.3. The quantitative estimate of drug-likeness (QED) is 0.763. The number of amides is 1. The predicted octanol–water partition coefficient (Wildman–Crippen LogP) is 0.571. The van der Waals surface area contributed by atoms with E-state index in [4.69, 9.17) is 10.5 Å². The smallest absolute Gasteiger partial charge is 0.229 e. The summed E-state index contributed by atoms with van der Waals surface area (Å²) in [5, 5.41) is 2.47. The molecule has 0 saturated carbocycles. The van der Waals surface area contributed by atoms with Gasteiger partial charge in [-0.05, 0) is 17.7 Å². The second-order valence-corrected chi connectivity index (χ2v) is 3.56. The Kier molecular flexibility index (Phi) is 2.76. The van der Waals surface area contributed by atoms with Crippen LogP contribution in [-0.4, -0.2) is 19.0 Å². The maximum Gasteiger partial charge on any atom is 0.229 e. The molecule has 3 N–H and O–H groups in total. The van der Waals surface area contributed by atoms with Crippen LogP contribution < -0.4 is 15.8 Å². The van der Waals surface area contributed by atoms with E-state index in [9.17, 15) is 4.79 Å². The first-order valence-electron chi connectivity index (χ1n) is 4.96. The number of nitrogens with two attached hydrogens (primary N) is 1. The minimum Gasteiger partial charge on any atom is -0.497 e. The average Bonchev–Trinajstić information content (AvgIpc) is 2.28. The number of methoxy groups -OCH3 is 1. The van der Waals surface area contributed by atoms with Gasteiger partial charge in [-0.15, -0.1) is 0 Å². The molecule has 0 aliphatic carbocycles. The lowest BCUT2D eigenvalue weighted by Gasteiger charge is -2.18. The molecule has 0 radical (unpaired) electrons. The van der Waals surface area contributed by atoms with E-state index in [1.807, 2.05) is 24.3 Å². The van der Waals surface area contributed by atoms with Crippen LogP contribution in [0.4, 0.5) is 0 Å². The van der Waals surface area contributed by atoms with Crippen molar-refractivity contribution in [2.45, 2.75) is 12.5 Å². The van der Waals surface area contributed by atoms with Crippen LogP contribution in [0.15, 0.2) is 29.3 Å². The van der Waals surface area contributed by atoms with Crippen LogP contribution in [0.25, 0.3) is 0 Å². The summed E-state index contributed by atoms with van der Waals surface area (Å²) in [4.78, 5) is 15.5. The van der Waals surface area contributed by atoms with E-state index in [0.717, 1.165) is 11.3 Å². The number of carbonyl (C=O) groups is 1. The SMILES string of the molecule is COc1ccc(C2CC(=O)NC(N)=N2)cc1. The Labute approximate surface area is 93.3 Å². The molecule has 0 aromatic heterocycles. The van der Waals surface area contributed by atoms with Crippen LogP contribution >= 0.6 is 0 Å². The molecule has 1 atom stereocenters. The van der Waals surface area contributed by atoms with Gasteiger partial charge in [-0.3, -0.25) is 10.1 Å². The normalized spacial score (nSPS) is 19.9. The van der Waals surface area contributed by atoms with Crippen molar-refractivity contribution >= 4 is 11.9 Å². The highest BCUT2D eigenvalue weighted by atomic mass is 16.5. The van der Waals surface area contributed by atoms with E-state index in [1.54, 1.807) is 7.11 Å². The second kappa shape index (κ2) is 4.22. The fraction of sp³-hybridized carbons (Fsp3) is 0.273. The van der Waals surface area contributed by atoms with Crippen molar-refractivity contribution in [1.82, 2.24) is 5.32 Å². The van der Waals surface area contributed by atoms with Gasteiger partial charge in [0.25, 0.3) is 0 Å². The minimum atomic E-state index is -0.195. The third kappa shape index (κ3) is 2.13. The van der Waals surface area contributed by atoms with Crippen molar-refractivity contribution in [3.63, 3.8) is 0 Å². The molecule has 1 aromatic carbocycles. The topological polar surface area (TPSA) is 76.7 Å². The Balaban J connectivity index is 2.23. The van der Waals surface area contributed by atoms with Crippen molar-refractivity contribution < 1.29 is 9.53 Å². The zero-order chi connectivity index (χ0) is 11.5. The van der Waals surface area contributed by atoms with E-state index < -0.39 is 0 Å². The van der Waals surface area contributed by atoms with Gasteiger partial charge in [-0.25, -0.2) is 4.99 Å². The standard InChI is InChI=1S/C11H13N3O2/c1-16-8-4-2-7(3-5-8)9-6-10(15)14-11(12)13-9/h2-5,9H,6H2,1H3,(H3,12,13,14,15). The number of nitrogens with zero attached hydrogens (tertiary/aromatic N) is 1. The Morgan fingerprint density at radius 3 is 2.69 bits per heavy atom.